The summed E-state index contributed by atoms with van der Waals surface area (Å²) in [5.74, 6) is 1.53. The van der Waals surface area contributed by atoms with Crippen molar-refractivity contribution in [3.63, 3.8) is 0 Å². The maximum Gasteiger partial charge on any atom is 0.155 e. The Kier molecular flexibility index (Phi) is 2.93. The van der Waals surface area contributed by atoms with Gasteiger partial charge in [-0.1, -0.05) is 29.3 Å². The van der Waals surface area contributed by atoms with Gasteiger partial charge in [0.25, 0.3) is 0 Å². The predicted molar refractivity (Wildman–Crippen MR) is 60.4 cm³/mol. The van der Waals surface area contributed by atoms with E-state index in [1.54, 1.807) is 6.07 Å². The first kappa shape index (κ1) is 10.5. The summed E-state index contributed by atoms with van der Waals surface area (Å²) in [6.07, 6.45) is 0.611. The fourth-order valence-electron chi connectivity index (χ4n) is 1.30. The van der Waals surface area contributed by atoms with E-state index < -0.39 is 0 Å². The van der Waals surface area contributed by atoms with Crippen LogP contribution in [0.5, 0.6) is 0 Å². The Morgan fingerprint density at radius 1 is 1.33 bits per heavy atom. The average molecular weight is 242 g/mol. The number of aryl methyl sites for hydroxylation is 1. The van der Waals surface area contributed by atoms with Gasteiger partial charge in [0.2, 0.25) is 0 Å². The van der Waals surface area contributed by atoms with Gasteiger partial charge < -0.3 is 0 Å². The molecule has 5 heteroatoms. The number of aromatic nitrogens is 3. The molecule has 0 aliphatic heterocycles. The number of hydrogen-bond acceptors (Lipinski definition) is 2. The van der Waals surface area contributed by atoms with Gasteiger partial charge in [0.15, 0.2) is 5.82 Å². The topological polar surface area (TPSA) is 41.6 Å². The summed E-state index contributed by atoms with van der Waals surface area (Å²) < 4.78 is 0. The number of nitrogens with one attached hydrogen (secondary N) is 1. The lowest BCUT2D eigenvalue weighted by molar-refractivity contribution is 0.970. The number of halogens is 2. The van der Waals surface area contributed by atoms with Crippen molar-refractivity contribution in [1.29, 1.82) is 0 Å². The summed E-state index contributed by atoms with van der Waals surface area (Å²) in [5.41, 5.74) is 0.972. The third-order valence-corrected chi connectivity index (χ3v) is 2.59. The molecule has 3 nitrogen and oxygen atoms in total. The maximum absolute atomic E-state index is 6.04. The second kappa shape index (κ2) is 4.21. The number of H-pyrrole nitrogens is 1. The summed E-state index contributed by atoms with van der Waals surface area (Å²) in [4.78, 5) is 4.21. The van der Waals surface area contributed by atoms with Gasteiger partial charge in [-0.15, -0.1) is 0 Å². The van der Waals surface area contributed by atoms with Crippen LogP contribution in [0.25, 0.3) is 0 Å². The van der Waals surface area contributed by atoms with Crippen molar-refractivity contribution in [2.45, 2.75) is 13.3 Å². The predicted octanol–water partition coefficient (Wildman–Crippen LogP) is 3.01. The molecule has 2 aromatic rings. The zero-order valence-corrected chi connectivity index (χ0v) is 9.60. The Morgan fingerprint density at radius 3 is 2.73 bits per heavy atom. The molecule has 1 aromatic heterocycles. The van der Waals surface area contributed by atoms with Crippen molar-refractivity contribution >= 4 is 23.2 Å². The lowest BCUT2D eigenvalue weighted by Crippen LogP contribution is -1.92. The lowest BCUT2D eigenvalue weighted by atomic mass is 10.1. The van der Waals surface area contributed by atoms with E-state index in [4.69, 9.17) is 23.2 Å². The largest absolute Gasteiger partial charge is 0.263 e. The van der Waals surface area contributed by atoms with E-state index in [1.807, 2.05) is 19.1 Å². The minimum absolute atomic E-state index is 0.611. The van der Waals surface area contributed by atoms with Gasteiger partial charge >= 0.3 is 0 Å². The summed E-state index contributed by atoms with van der Waals surface area (Å²) in [7, 11) is 0. The highest BCUT2D eigenvalue weighted by atomic mass is 35.5. The van der Waals surface area contributed by atoms with E-state index in [2.05, 4.69) is 15.2 Å². The van der Waals surface area contributed by atoms with Crippen LogP contribution in [0.3, 0.4) is 0 Å². The molecule has 15 heavy (non-hydrogen) atoms. The van der Waals surface area contributed by atoms with Crippen molar-refractivity contribution in [3.8, 4) is 0 Å². The van der Waals surface area contributed by atoms with Crippen LogP contribution in [0, 0.1) is 6.92 Å². The van der Waals surface area contributed by atoms with Gasteiger partial charge in [-0.3, -0.25) is 5.10 Å². The second-order valence-corrected chi connectivity index (χ2v) is 4.09. The molecule has 1 N–H and O–H groups in total. The molecular weight excluding hydrogens is 233 g/mol. The third-order valence-electron chi connectivity index (χ3n) is 2.01. The molecule has 0 amide bonds. The maximum atomic E-state index is 6.04. The van der Waals surface area contributed by atoms with Crippen molar-refractivity contribution in [2.24, 2.45) is 0 Å². The van der Waals surface area contributed by atoms with Crippen LogP contribution in [0.15, 0.2) is 18.2 Å². The van der Waals surface area contributed by atoms with Gasteiger partial charge in [0.1, 0.15) is 5.82 Å². The molecular formula is C10H9Cl2N3. The van der Waals surface area contributed by atoms with Gasteiger partial charge in [0, 0.05) is 16.5 Å². The molecule has 0 aliphatic carbocycles. The summed E-state index contributed by atoms with van der Waals surface area (Å²) >= 11 is 11.8. The van der Waals surface area contributed by atoms with E-state index in [-0.39, 0.29) is 0 Å². The molecule has 0 aliphatic rings. The molecule has 78 valence electrons. The molecule has 0 atom stereocenters. The van der Waals surface area contributed by atoms with Crippen molar-refractivity contribution in [3.05, 3.63) is 45.5 Å². The first-order chi connectivity index (χ1) is 7.15. The van der Waals surface area contributed by atoms with Crippen LogP contribution in [-0.4, -0.2) is 15.2 Å². The average Bonchev–Trinajstić information content (AvgIpc) is 2.56. The van der Waals surface area contributed by atoms with E-state index in [0.29, 0.717) is 16.5 Å². The van der Waals surface area contributed by atoms with Crippen molar-refractivity contribution in [2.75, 3.05) is 0 Å². The van der Waals surface area contributed by atoms with Crippen LogP contribution in [0.4, 0.5) is 0 Å². The monoisotopic (exact) mass is 241 g/mol. The first-order valence-electron chi connectivity index (χ1n) is 4.47. The van der Waals surface area contributed by atoms with Gasteiger partial charge in [-0.05, 0) is 24.6 Å². The van der Waals surface area contributed by atoms with Crippen LogP contribution in [0.2, 0.25) is 10.0 Å². The zero-order chi connectivity index (χ0) is 10.8. The number of rotatable bonds is 2. The molecule has 1 heterocycles. The SMILES string of the molecule is Cc1nc(Cc2ccc(Cl)cc2Cl)n[nH]1. The Balaban J connectivity index is 2.24. The molecule has 1 aromatic carbocycles. The molecule has 0 radical (unpaired) electrons. The van der Waals surface area contributed by atoms with E-state index >= 15 is 0 Å². The fraction of sp³-hybridized carbons (Fsp3) is 0.200. The molecule has 0 spiro atoms. The molecule has 2 rings (SSSR count). The van der Waals surface area contributed by atoms with Crippen LogP contribution >= 0.6 is 23.2 Å². The smallest absolute Gasteiger partial charge is 0.155 e. The summed E-state index contributed by atoms with van der Waals surface area (Å²) in [5, 5.41) is 8.11. The van der Waals surface area contributed by atoms with Gasteiger partial charge in [-0.25, -0.2) is 4.98 Å². The quantitative estimate of drug-likeness (QED) is 0.879. The van der Waals surface area contributed by atoms with Crippen LogP contribution in [-0.2, 0) is 6.42 Å². The number of benzene rings is 1. The van der Waals surface area contributed by atoms with Crippen molar-refractivity contribution < 1.29 is 0 Å². The minimum Gasteiger partial charge on any atom is -0.263 e. The molecule has 0 bridgehead atoms. The van der Waals surface area contributed by atoms with Gasteiger partial charge in [-0.2, -0.15) is 5.10 Å². The van der Waals surface area contributed by atoms with E-state index in [0.717, 1.165) is 17.2 Å². The standard InChI is InChI=1S/C10H9Cl2N3/c1-6-13-10(15-14-6)4-7-2-3-8(11)5-9(7)12/h2-3,5H,4H2,1H3,(H,13,14,15). The molecule has 0 unspecified atom stereocenters. The highest BCUT2D eigenvalue weighted by Crippen LogP contribution is 2.22. The number of hydrogen-bond donors (Lipinski definition) is 1. The second-order valence-electron chi connectivity index (χ2n) is 3.25. The molecule has 0 saturated carbocycles. The Morgan fingerprint density at radius 2 is 2.13 bits per heavy atom. The summed E-state index contributed by atoms with van der Waals surface area (Å²) in [6, 6.07) is 5.41. The van der Waals surface area contributed by atoms with Crippen molar-refractivity contribution in [1.82, 2.24) is 15.2 Å². The highest BCUT2D eigenvalue weighted by Gasteiger charge is 2.05. The van der Waals surface area contributed by atoms with Gasteiger partial charge in [0.05, 0.1) is 0 Å². The van der Waals surface area contributed by atoms with Crippen LogP contribution in [0.1, 0.15) is 17.2 Å². The van der Waals surface area contributed by atoms with E-state index in [1.165, 1.54) is 0 Å². The fourth-order valence-corrected chi connectivity index (χ4v) is 1.78. The first-order valence-corrected chi connectivity index (χ1v) is 5.22. The zero-order valence-electron chi connectivity index (χ0n) is 8.09. The molecule has 0 saturated heterocycles. The molecule has 0 fully saturated rings. The van der Waals surface area contributed by atoms with Crippen LogP contribution < -0.4 is 0 Å². The Hall–Kier alpha value is -1.06. The minimum atomic E-state index is 0.611. The summed E-state index contributed by atoms with van der Waals surface area (Å²) in [6.45, 7) is 1.86. The Bertz CT molecular complexity index is 479. The number of aromatic amines is 1. The Labute approximate surface area is 97.4 Å². The third kappa shape index (κ3) is 2.49. The van der Waals surface area contributed by atoms with E-state index in [9.17, 15) is 0 Å². The lowest BCUT2D eigenvalue weighted by Gasteiger charge is -2.01. The normalized spacial score (nSPS) is 10.6. The highest BCUT2D eigenvalue weighted by molar-refractivity contribution is 6.35. The number of nitrogens with zero attached hydrogens (tertiary/aromatic N) is 2.